The molecule has 2 aliphatic rings. The van der Waals surface area contributed by atoms with Crippen LogP contribution in [-0.2, 0) is 13.1 Å². The highest BCUT2D eigenvalue weighted by Gasteiger charge is 2.29. The normalized spacial score (nSPS) is 18.7. The van der Waals surface area contributed by atoms with Crippen LogP contribution in [0.25, 0.3) is 11.1 Å². The fourth-order valence-corrected chi connectivity index (χ4v) is 4.47. The van der Waals surface area contributed by atoms with Gasteiger partial charge in [-0.15, -0.1) is 0 Å². The predicted octanol–water partition coefficient (Wildman–Crippen LogP) is 4.47. The number of carbonyl (C=O) groups is 1. The molecule has 1 saturated heterocycles. The lowest BCUT2D eigenvalue weighted by molar-refractivity contribution is 0.0965. The lowest BCUT2D eigenvalue weighted by Crippen LogP contribution is -2.24. The number of fused-ring (bicyclic) bond motifs is 1. The highest BCUT2D eigenvalue weighted by molar-refractivity contribution is 5.97. The minimum absolute atomic E-state index is 0.0406. The third-order valence-electron chi connectivity index (χ3n) is 5.92. The first-order chi connectivity index (χ1) is 14.2. The zero-order valence-corrected chi connectivity index (χ0v) is 16.1. The Bertz CT molecular complexity index is 1080. The van der Waals surface area contributed by atoms with Crippen molar-refractivity contribution in [1.82, 2.24) is 15.2 Å². The van der Waals surface area contributed by atoms with Crippen molar-refractivity contribution in [1.29, 1.82) is 0 Å². The summed E-state index contributed by atoms with van der Waals surface area (Å²) in [7, 11) is 0. The summed E-state index contributed by atoms with van der Waals surface area (Å²) in [5.74, 6) is -0.239. The third-order valence-corrected chi connectivity index (χ3v) is 5.92. The maximum absolute atomic E-state index is 14.4. The second-order valence-corrected chi connectivity index (χ2v) is 7.68. The maximum atomic E-state index is 14.4. The van der Waals surface area contributed by atoms with Crippen LogP contribution in [0.5, 0.6) is 0 Å². The molecule has 2 aliphatic heterocycles. The van der Waals surface area contributed by atoms with Crippen molar-refractivity contribution in [2.24, 2.45) is 0 Å². The van der Waals surface area contributed by atoms with Crippen molar-refractivity contribution >= 4 is 5.91 Å². The summed E-state index contributed by atoms with van der Waals surface area (Å²) in [6.45, 7) is 2.22. The van der Waals surface area contributed by atoms with E-state index < -0.39 is 0 Å². The number of amides is 1. The summed E-state index contributed by atoms with van der Waals surface area (Å²) < 4.78 is 14.4. The molecule has 3 aromatic rings. The van der Waals surface area contributed by atoms with Crippen LogP contribution in [0.2, 0.25) is 0 Å². The first-order valence-electron chi connectivity index (χ1n) is 10.1. The van der Waals surface area contributed by atoms with E-state index in [9.17, 15) is 9.18 Å². The number of hydrogen-bond donors (Lipinski definition) is 1. The molecule has 0 bridgehead atoms. The molecule has 1 atom stereocenters. The number of hydrogen-bond acceptors (Lipinski definition) is 3. The average molecular weight is 387 g/mol. The van der Waals surface area contributed by atoms with Crippen LogP contribution in [0.3, 0.4) is 0 Å². The van der Waals surface area contributed by atoms with E-state index in [4.69, 9.17) is 4.98 Å². The molecule has 0 spiro atoms. The molecule has 0 aliphatic carbocycles. The number of nitrogens with one attached hydrogen (secondary N) is 1. The molecule has 5 rings (SSSR count). The van der Waals surface area contributed by atoms with Gasteiger partial charge in [0.1, 0.15) is 5.82 Å². The summed E-state index contributed by atoms with van der Waals surface area (Å²) in [5, 5.41) is 2.83. The lowest BCUT2D eigenvalue weighted by atomic mass is 9.98. The van der Waals surface area contributed by atoms with E-state index in [0.717, 1.165) is 48.4 Å². The Morgan fingerprint density at radius 2 is 1.79 bits per heavy atom. The topological polar surface area (TPSA) is 45.2 Å². The molecule has 1 amide bonds. The molecule has 1 fully saturated rings. The van der Waals surface area contributed by atoms with Crippen LogP contribution in [0, 0.1) is 5.82 Å². The molecule has 3 heterocycles. The van der Waals surface area contributed by atoms with E-state index >= 15 is 0 Å². The molecule has 0 radical (unpaired) electrons. The maximum Gasteiger partial charge on any atom is 0.253 e. The molecule has 1 aromatic heterocycles. The zero-order chi connectivity index (χ0) is 19.8. The van der Waals surface area contributed by atoms with Gasteiger partial charge >= 0.3 is 0 Å². The van der Waals surface area contributed by atoms with Gasteiger partial charge in [0.25, 0.3) is 5.91 Å². The quantitative estimate of drug-likeness (QED) is 0.719. The van der Waals surface area contributed by atoms with E-state index in [2.05, 4.69) is 16.3 Å². The second kappa shape index (κ2) is 7.41. The van der Waals surface area contributed by atoms with Gasteiger partial charge in [0, 0.05) is 12.1 Å². The summed E-state index contributed by atoms with van der Waals surface area (Å²) >= 11 is 0. The molecule has 5 heteroatoms. The Labute approximate surface area is 169 Å². The van der Waals surface area contributed by atoms with E-state index in [0.29, 0.717) is 17.7 Å². The van der Waals surface area contributed by atoms with Gasteiger partial charge in [0.15, 0.2) is 0 Å². The Hall–Kier alpha value is -3.05. The smallest absolute Gasteiger partial charge is 0.253 e. The Kier molecular flexibility index (Phi) is 4.60. The number of pyridine rings is 1. The van der Waals surface area contributed by atoms with Crippen LogP contribution in [0.4, 0.5) is 4.39 Å². The molecule has 0 saturated carbocycles. The fraction of sp³-hybridized carbons (Fsp3) is 0.250. The standard InChI is InChI=1S/C24H22FN3O/c25-20-9-4-3-8-18(20)17-7-2-1-6-16(17)15-28-13-5-10-23(28)21-12-11-19-22(27-21)14-26-24(19)29/h1-4,6-9,11-12,23H,5,10,13-15H2,(H,26,29). The SMILES string of the molecule is O=C1NCc2nc(C3CCCN3Cc3ccccc3-c3ccccc3F)ccc21. The summed E-state index contributed by atoms with van der Waals surface area (Å²) in [6, 6.07) is 19.1. The van der Waals surface area contributed by atoms with Gasteiger partial charge in [-0.05, 0) is 48.7 Å². The highest BCUT2D eigenvalue weighted by atomic mass is 19.1. The molecule has 29 heavy (non-hydrogen) atoms. The van der Waals surface area contributed by atoms with Crippen molar-refractivity contribution in [2.45, 2.75) is 32.0 Å². The fourth-order valence-electron chi connectivity index (χ4n) is 4.47. The van der Waals surface area contributed by atoms with E-state index in [1.54, 1.807) is 6.07 Å². The molecular formula is C24H22FN3O. The molecule has 2 aromatic carbocycles. The van der Waals surface area contributed by atoms with Crippen LogP contribution < -0.4 is 5.32 Å². The molecule has 1 N–H and O–H groups in total. The van der Waals surface area contributed by atoms with Crippen molar-refractivity contribution in [3.05, 3.63) is 89.0 Å². The highest BCUT2D eigenvalue weighted by Crippen LogP contribution is 2.35. The second-order valence-electron chi connectivity index (χ2n) is 7.68. The number of halogens is 1. The zero-order valence-electron chi connectivity index (χ0n) is 16.1. The summed E-state index contributed by atoms with van der Waals surface area (Å²) in [5.41, 5.74) is 5.23. The van der Waals surface area contributed by atoms with Gasteiger partial charge in [-0.1, -0.05) is 42.5 Å². The number of rotatable bonds is 4. The number of nitrogens with zero attached hydrogens (tertiary/aromatic N) is 2. The van der Waals surface area contributed by atoms with Crippen molar-refractivity contribution in [3.8, 4) is 11.1 Å². The summed E-state index contributed by atoms with van der Waals surface area (Å²) in [4.78, 5) is 19.0. The largest absolute Gasteiger partial charge is 0.346 e. The van der Waals surface area contributed by atoms with E-state index in [1.165, 1.54) is 6.07 Å². The van der Waals surface area contributed by atoms with Crippen molar-refractivity contribution in [3.63, 3.8) is 0 Å². The van der Waals surface area contributed by atoms with E-state index in [1.807, 2.05) is 42.5 Å². The Morgan fingerprint density at radius 3 is 2.66 bits per heavy atom. The Balaban J connectivity index is 1.44. The average Bonchev–Trinajstić information content (AvgIpc) is 3.35. The van der Waals surface area contributed by atoms with Crippen LogP contribution in [0.1, 0.15) is 46.2 Å². The minimum Gasteiger partial charge on any atom is -0.346 e. The van der Waals surface area contributed by atoms with Gasteiger partial charge in [0.05, 0.1) is 29.5 Å². The van der Waals surface area contributed by atoms with Crippen LogP contribution >= 0.6 is 0 Å². The van der Waals surface area contributed by atoms with Gasteiger partial charge in [-0.25, -0.2) is 4.39 Å². The van der Waals surface area contributed by atoms with Gasteiger partial charge < -0.3 is 5.32 Å². The van der Waals surface area contributed by atoms with Crippen LogP contribution in [0.15, 0.2) is 60.7 Å². The number of benzene rings is 2. The Morgan fingerprint density at radius 1 is 1.00 bits per heavy atom. The molecule has 4 nitrogen and oxygen atoms in total. The predicted molar refractivity (Wildman–Crippen MR) is 110 cm³/mol. The first kappa shape index (κ1) is 18.0. The minimum atomic E-state index is -0.199. The van der Waals surface area contributed by atoms with Gasteiger partial charge in [-0.2, -0.15) is 0 Å². The summed E-state index contributed by atoms with van der Waals surface area (Å²) in [6.07, 6.45) is 2.14. The van der Waals surface area contributed by atoms with Crippen LogP contribution in [-0.4, -0.2) is 22.3 Å². The van der Waals surface area contributed by atoms with Gasteiger partial charge in [0.2, 0.25) is 0 Å². The monoisotopic (exact) mass is 387 g/mol. The first-order valence-corrected chi connectivity index (χ1v) is 10.1. The lowest BCUT2D eigenvalue weighted by Gasteiger charge is -2.25. The van der Waals surface area contributed by atoms with E-state index in [-0.39, 0.29) is 17.8 Å². The third kappa shape index (κ3) is 3.32. The van der Waals surface area contributed by atoms with Crippen molar-refractivity contribution < 1.29 is 9.18 Å². The molecule has 146 valence electrons. The number of aromatic nitrogens is 1. The van der Waals surface area contributed by atoms with Crippen molar-refractivity contribution in [2.75, 3.05) is 6.54 Å². The molecular weight excluding hydrogens is 365 g/mol. The molecule has 1 unspecified atom stereocenters. The number of likely N-dealkylation sites (tertiary alicyclic amines) is 1. The van der Waals surface area contributed by atoms with Gasteiger partial charge in [-0.3, -0.25) is 14.7 Å². The number of carbonyl (C=O) groups excluding carboxylic acids is 1.